The van der Waals surface area contributed by atoms with E-state index < -0.39 is 0 Å². The Balaban J connectivity index is 2.18. The van der Waals surface area contributed by atoms with Gasteiger partial charge in [0, 0.05) is 9.35 Å². The molecule has 1 rings (SSSR count). The molecule has 0 aliphatic carbocycles. The van der Waals surface area contributed by atoms with Crippen LogP contribution in [0.15, 0.2) is 14.3 Å². The highest BCUT2D eigenvalue weighted by atomic mass is 79.9. The molecule has 1 aromatic heterocycles. The Morgan fingerprint density at radius 1 is 1.29 bits per heavy atom. The van der Waals surface area contributed by atoms with Gasteiger partial charge in [0.2, 0.25) is 0 Å². The van der Waals surface area contributed by atoms with E-state index in [9.17, 15) is 0 Å². The van der Waals surface area contributed by atoms with Gasteiger partial charge in [0.15, 0.2) is 0 Å². The van der Waals surface area contributed by atoms with Gasteiger partial charge >= 0.3 is 0 Å². The first kappa shape index (κ1) is 12.7. The van der Waals surface area contributed by atoms with E-state index in [1.54, 1.807) is 0 Å². The van der Waals surface area contributed by atoms with Crippen molar-refractivity contribution < 1.29 is 0 Å². The molecule has 1 aromatic rings. The van der Waals surface area contributed by atoms with Gasteiger partial charge in [-0.1, -0.05) is 6.42 Å². The smallest absolute Gasteiger partial charge is 0.0843 e. The van der Waals surface area contributed by atoms with E-state index in [0.717, 1.165) is 6.54 Å². The second kappa shape index (κ2) is 6.99. The van der Waals surface area contributed by atoms with Crippen LogP contribution in [0.5, 0.6) is 0 Å². The molecule has 4 heteroatoms. The van der Waals surface area contributed by atoms with Gasteiger partial charge in [-0.15, -0.1) is 11.3 Å². The van der Waals surface area contributed by atoms with Crippen LogP contribution in [0.1, 0.15) is 24.1 Å². The molecule has 0 saturated carbocycles. The van der Waals surface area contributed by atoms with Gasteiger partial charge in [0.05, 0.1) is 3.79 Å². The summed E-state index contributed by atoms with van der Waals surface area (Å²) in [5.74, 6) is 0. The first-order valence-electron chi connectivity index (χ1n) is 4.82. The van der Waals surface area contributed by atoms with Crippen LogP contribution >= 0.6 is 43.2 Å². The van der Waals surface area contributed by atoms with Crippen molar-refractivity contribution in [2.45, 2.75) is 25.7 Å². The first-order valence-corrected chi connectivity index (χ1v) is 7.22. The molecule has 80 valence electrons. The van der Waals surface area contributed by atoms with E-state index in [4.69, 9.17) is 0 Å². The Morgan fingerprint density at radius 3 is 2.64 bits per heavy atom. The molecular formula is C10H15Br2NS. The van der Waals surface area contributed by atoms with Crippen molar-refractivity contribution in [3.63, 3.8) is 0 Å². The van der Waals surface area contributed by atoms with E-state index in [1.165, 1.54) is 38.8 Å². The molecule has 0 aromatic carbocycles. The summed E-state index contributed by atoms with van der Waals surface area (Å²) in [7, 11) is 2.01. The minimum absolute atomic E-state index is 1.14. The van der Waals surface area contributed by atoms with Crippen LogP contribution < -0.4 is 5.32 Å². The lowest BCUT2D eigenvalue weighted by atomic mass is 10.2. The molecule has 1 heterocycles. The summed E-state index contributed by atoms with van der Waals surface area (Å²) in [5.41, 5.74) is 0. The number of unbranched alkanes of at least 4 members (excludes halogenated alkanes) is 2. The lowest BCUT2D eigenvalue weighted by Crippen LogP contribution is -2.06. The van der Waals surface area contributed by atoms with E-state index >= 15 is 0 Å². The highest BCUT2D eigenvalue weighted by Crippen LogP contribution is 2.33. The van der Waals surface area contributed by atoms with Gasteiger partial charge in [-0.25, -0.2) is 0 Å². The monoisotopic (exact) mass is 339 g/mol. The van der Waals surface area contributed by atoms with Crippen molar-refractivity contribution in [2.24, 2.45) is 0 Å². The summed E-state index contributed by atoms with van der Waals surface area (Å²) >= 11 is 8.85. The zero-order chi connectivity index (χ0) is 10.4. The predicted octanol–water partition coefficient (Wildman–Crippen LogP) is 4.21. The van der Waals surface area contributed by atoms with Crippen molar-refractivity contribution in [1.29, 1.82) is 0 Å². The first-order chi connectivity index (χ1) is 6.74. The molecule has 0 fully saturated rings. The van der Waals surface area contributed by atoms with Crippen molar-refractivity contribution in [1.82, 2.24) is 5.32 Å². The third kappa shape index (κ3) is 4.43. The molecule has 0 bridgehead atoms. The molecular weight excluding hydrogens is 326 g/mol. The number of aryl methyl sites for hydroxylation is 1. The van der Waals surface area contributed by atoms with E-state index in [0.29, 0.717) is 0 Å². The Kier molecular flexibility index (Phi) is 6.33. The highest BCUT2D eigenvalue weighted by molar-refractivity contribution is 9.13. The third-order valence-corrected chi connectivity index (χ3v) is 5.36. The van der Waals surface area contributed by atoms with Gasteiger partial charge < -0.3 is 5.32 Å². The van der Waals surface area contributed by atoms with Gasteiger partial charge in [0.1, 0.15) is 0 Å². The van der Waals surface area contributed by atoms with Gasteiger partial charge in [0.25, 0.3) is 0 Å². The molecule has 0 spiro atoms. The molecule has 0 unspecified atom stereocenters. The van der Waals surface area contributed by atoms with E-state index in [-0.39, 0.29) is 0 Å². The minimum atomic E-state index is 1.14. The summed E-state index contributed by atoms with van der Waals surface area (Å²) in [6, 6.07) is 2.22. The molecule has 1 nitrogen and oxygen atoms in total. The molecule has 14 heavy (non-hydrogen) atoms. The Bertz CT molecular complexity index is 254. The Labute approximate surface area is 107 Å². The number of halogens is 2. The largest absolute Gasteiger partial charge is 0.320 e. The molecule has 0 saturated heterocycles. The minimum Gasteiger partial charge on any atom is -0.320 e. The molecule has 0 amide bonds. The molecule has 0 aliphatic heterocycles. The maximum absolute atomic E-state index is 3.51. The summed E-state index contributed by atoms with van der Waals surface area (Å²) in [5, 5.41) is 3.17. The highest BCUT2D eigenvalue weighted by Gasteiger charge is 2.03. The van der Waals surface area contributed by atoms with Crippen LogP contribution in [0.25, 0.3) is 0 Å². The fraction of sp³-hybridized carbons (Fsp3) is 0.600. The number of hydrogen-bond donors (Lipinski definition) is 1. The van der Waals surface area contributed by atoms with Crippen LogP contribution in [0.4, 0.5) is 0 Å². The zero-order valence-electron chi connectivity index (χ0n) is 8.28. The molecule has 1 N–H and O–H groups in total. The Morgan fingerprint density at radius 2 is 2.07 bits per heavy atom. The lowest BCUT2D eigenvalue weighted by molar-refractivity contribution is 0.645. The lowest BCUT2D eigenvalue weighted by Gasteiger charge is -1.98. The van der Waals surface area contributed by atoms with Gasteiger partial charge in [-0.05, 0) is 70.8 Å². The normalized spacial score (nSPS) is 10.8. The predicted molar refractivity (Wildman–Crippen MR) is 71.2 cm³/mol. The van der Waals surface area contributed by atoms with Crippen LogP contribution in [0, 0.1) is 0 Å². The standard InChI is InChI=1S/C10H15Br2NS/c1-13-6-4-2-3-5-8-7-9(11)10(12)14-8/h7,13H,2-6H2,1H3. The van der Waals surface area contributed by atoms with Crippen LogP contribution in [-0.2, 0) is 6.42 Å². The van der Waals surface area contributed by atoms with Crippen molar-refractivity contribution in [3.05, 3.63) is 19.2 Å². The van der Waals surface area contributed by atoms with Crippen LogP contribution in [0.3, 0.4) is 0 Å². The number of hydrogen-bond acceptors (Lipinski definition) is 2. The van der Waals surface area contributed by atoms with Crippen LogP contribution in [-0.4, -0.2) is 13.6 Å². The number of rotatable bonds is 6. The summed E-state index contributed by atoms with van der Waals surface area (Å²) in [6.07, 6.45) is 5.10. The van der Waals surface area contributed by atoms with E-state index in [1.807, 2.05) is 18.4 Å². The topological polar surface area (TPSA) is 12.0 Å². The number of nitrogens with one attached hydrogen (secondary N) is 1. The number of thiophene rings is 1. The fourth-order valence-electron chi connectivity index (χ4n) is 1.29. The Hall–Kier alpha value is 0.620. The second-order valence-corrected chi connectivity index (χ2v) is 6.56. The van der Waals surface area contributed by atoms with Crippen molar-refractivity contribution in [2.75, 3.05) is 13.6 Å². The third-order valence-electron chi connectivity index (χ3n) is 2.05. The second-order valence-electron chi connectivity index (χ2n) is 3.25. The molecule has 0 aliphatic rings. The zero-order valence-corrected chi connectivity index (χ0v) is 12.3. The van der Waals surface area contributed by atoms with Crippen molar-refractivity contribution in [3.8, 4) is 0 Å². The van der Waals surface area contributed by atoms with Crippen LogP contribution in [0.2, 0.25) is 0 Å². The van der Waals surface area contributed by atoms with E-state index in [2.05, 4.69) is 43.2 Å². The van der Waals surface area contributed by atoms with Gasteiger partial charge in [-0.2, -0.15) is 0 Å². The summed E-state index contributed by atoms with van der Waals surface area (Å²) in [6.45, 7) is 1.14. The SMILES string of the molecule is CNCCCCCc1cc(Br)c(Br)s1. The maximum Gasteiger partial charge on any atom is 0.0843 e. The fourth-order valence-corrected chi connectivity index (χ4v) is 3.51. The average Bonchev–Trinajstić information content (AvgIpc) is 2.46. The summed E-state index contributed by atoms with van der Waals surface area (Å²) in [4.78, 5) is 1.47. The average molecular weight is 341 g/mol. The summed E-state index contributed by atoms with van der Waals surface area (Å²) < 4.78 is 2.40. The molecule has 0 atom stereocenters. The van der Waals surface area contributed by atoms with Gasteiger partial charge in [-0.3, -0.25) is 0 Å². The quantitative estimate of drug-likeness (QED) is 0.765. The van der Waals surface area contributed by atoms with Crippen molar-refractivity contribution >= 4 is 43.2 Å². The maximum atomic E-state index is 3.51. The molecule has 0 radical (unpaired) electrons.